The molecule has 2 rings (SSSR count). The number of hydrogen-bond acceptors (Lipinski definition) is 2. The first-order valence-electron chi connectivity index (χ1n) is 5.33. The molecule has 0 spiro atoms. The minimum atomic E-state index is -0.0126. The maximum atomic E-state index is 12.2. The van der Waals surface area contributed by atoms with Crippen molar-refractivity contribution in [2.24, 2.45) is 0 Å². The number of amides is 1. The first-order chi connectivity index (χ1) is 7.70. The highest BCUT2D eigenvalue weighted by molar-refractivity contribution is 6.33. The number of morpholine rings is 1. The zero-order valence-corrected chi connectivity index (χ0v) is 9.91. The fourth-order valence-corrected chi connectivity index (χ4v) is 2.03. The molecule has 1 amide bonds. The number of rotatable bonds is 1. The molecule has 1 aromatic carbocycles. The van der Waals surface area contributed by atoms with Gasteiger partial charge in [0.25, 0.3) is 5.91 Å². The second kappa shape index (κ2) is 4.85. The Morgan fingerprint density at radius 2 is 2.25 bits per heavy atom. The summed E-state index contributed by atoms with van der Waals surface area (Å²) >= 11 is 6.01. The van der Waals surface area contributed by atoms with Gasteiger partial charge in [0, 0.05) is 6.54 Å². The first-order valence-corrected chi connectivity index (χ1v) is 5.71. The standard InChI is InChI=1S/C12H14ClNO2/c1-9-8-16-7-6-14(9)12(15)10-4-2-3-5-11(10)13/h2-5,9H,6-8H2,1H3. The summed E-state index contributed by atoms with van der Waals surface area (Å²) in [4.78, 5) is 14.0. The van der Waals surface area contributed by atoms with Crippen LogP contribution in [0.15, 0.2) is 24.3 Å². The molecular formula is C12H14ClNO2. The summed E-state index contributed by atoms with van der Waals surface area (Å²) < 4.78 is 5.30. The lowest BCUT2D eigenvalue weighted by molar-refractivity contribution is 0.00360. The van der Waals surface area contributed by atoms with Crippen LogP contribution in [0.5, 0.6) is 0 Å². The van der Waals surface area contributed by atoms with Crippen molar-refractivity contribution in [3.63, 3.8) is 0 Å². The van der Waals surface area contributed by atoms with Gasteiger partial charge in [-0.25, -0.2) is 0 Å². The number of carbonyl (C=O) groups excluding carboxylic acids is 1. The van der Waals surface area contributed by atoms with E-state index in [-0.39, 0.29) is 11.9 Å². The fourth-order valence-electron chi connectivity index (χ4n) is 1.82. The maximum absolute atomic E-state index is 12.2. The van der Waals surface area contributed by atoms with Crippen LogP contribution in [0.3, 0.4) is 0 Å². The largest absolute Gasteiger partial charge is 0.377 e. The van der Waals surface area contributed by atoms with E-state index in [2.05, 4.69) is 0 Å². The Morgan fingerprint density at radius 3 is 2.94 bits per heavy atom. The van der Waals surface area contributed by atoms with Gasteiger partial charge in [0.15, 0.2) is 0 Å². The van der Waals surface area contributed by atoms with Crippen molar-refractivity contribution in [1.29, 1.82) is 0 Å². The van der Waals surface area contributed by atoms with E-state index in [9.17, 15) is 4.79 Å². The molecule has 0 N–H and O–H groups in total. The van der Waals surface area contributed by atoms with Crippen LogP contribution in [-0.4, -0.2) is 36.6 Å². The van der Waals surface area contributed by atoms with Gasteiger partial charge in [0.2, 0.25) is 0 Å². The monoisotopic (exact) mass is 239 g/mol. The lowest BCUT2D eigenvalue weighted by atomic mass is 10.1. The third kappa shape index (κ3) is 2.20. The number of carbonyl (C=O) groups is 1. The first kappa shape index (κ1) is 11.4. The maximum Gasteiger partial charge on any atom is 0.255 e. The van der Waals surface area contributed by atoms with Crippen LogP contribution in [0.25, 0.3) is 0 Å². The van der Waals surface area contributed by atoms with E-state index in [4.69, 9.17) is 16.3 Å². The summed E-state index contributed by atoms with van der Waals surface area (Å²) in [5.74, 6) is -0.0126. The molecule has 1 saturated heterocycles. The van der Waals surface area contributed by atoms with Crippen molar-refractivity contribution in [1.82, 2.24) is 4.90 Å². The van der Waals surface area contributed by atoms with Gasteiger partial charge in [0.05, 0.1) is 29.8 Å². The average Bonchev–Trinajstić information content (AvgIpc) is 2.29. The minimum absolute atomic E-state index is 0.0126. The van der Waals surface area contributed by atoms with Crippen molar-refractivity contribution in [2.75, 3.05) is 19.8 Å². The molecule has 1 unspecified atom stereocenters. The lowest BCUT2D eigenvalue weighted by Crippen LogP contribution is -2.47. The zero-order chi connectivity index (χ0) is 11.5. The Balaban J connectivity index is 2.21. The van der Waals surface area contributed by atoms with E-state index >= 15 is 0 Å². The molecule has 1 aliphatic rings. The van der Waals surface area contributed by atoms with Crippen LogP contribution in [0, 0.1) is 0 Å². The lowest BCUT2D eigenvalue weighted by Gasteiger charge is -2.33. The fraction of sp³-hybridized carbons (Fsp3) is 0.417. The van der Waals surface area contributed by atoms with Gasteiger partial charge in [-0.05, 0) is 19.1 Å². The Hall–Kier alpha value is -1.06. The molecule has 86 valence electrons. The van der Waals surface area contributed by atoms with Crippen LogP contribution in [0.4, 0.5) is 0 Å². The molecule has 0 aliphatic carbocycles. The number of nitrogens with zero attached hydrogens (tertiary/aromatic N) is 1. The second-order valence-electron chi connectivity index (χ2n) is 3.90. The van der Waals surface area contributed by atoms with Gasteiger partial charge in [-0.3, -0.25) is 4.79 Å². The topological polar surface area (TPSA) is 29.5 Å². The molecule has 16 heavy (non-hydrogen) atoms. The molecule has 1 atom stereocenters. The molecule has 0 bridgehead atoms. The Morgan fingerprint density at radius 1 is 1.50 bits per heavy atom. The van der Waals surface area contributed by atoms with Crippen LogP contribution < -0.4 is 0 Å². The quantitative estimate of drug-likeness (QED) is 0.752. The number of hydrogen-bond donors (Lipinski definition) is 0. The predicted molar refractivity (Wildman–Crippen MR) is 62.8 cm³/mol. The molecule has 1 aliphatic heterocycles. The smallest absolute Gasteiger partial charge is 0.255 e. The molecule has 1 fully saturated rings. The summed E-state index contributed by atoms with van der Waals surface area (Å²) in [6, 6.07) is 7.25. The Bertz CT molecular complexity index is 394. The molecule has 0 aromatic heterocycles. The molecule has 0 radical (unpaired) electrons. The van der Waals surface area contributed by atoms with E-state index in [1.54, 1.807) is 12.1 Å². The van der Waals surface area contributed by atoms with Gasteiger partial charge in [0.1, 0.15) is 0 Å². The molecular weight excluding hydrogens is 226 g/mol. The molecule has 1 aromatic rings. The van der Waals surface area contributed by atoms with Crippen molar-refractivity contribution < 1.29 is 9.53 Å². The summed E-state index contributed by atoms with van der Waals surface area (Å²) in [5.41, 5.74) is 0.568. The average molecular weight is 240 g/mol. The van der Waals surface area contributed by atoms with E-state index in [1.165, 1.54) is 0 Å². The second-order valence-corrected chi connectivity index (χ2v) is 4.31. The van der Waals surface area contributed by atoms with Crippen LogP contribution >= 0.6 is 11.6 Å². The summed E-state index contributed by atoms with van der Waals surface area (Å²) in [6.07, 6.45) is 0. The van der Waals surface area contributed by atoms with E-state index in [0.29, 0.717) is 30.3 Å². The SMILES string of the molecule is CC1COCCN1C(=O)c1ccccc1Cl. The number of benzene rings is 1. The minimum Gasteiger partial charge on any atom is -0.377 e. The van der Waals surface area contributed by atoms with E-state index < -0.39 is 0 Å². The van der Waals surface area contributed by atoms with Gasteiger partial charge < -0.3 is 9.64 Å². The van der Waals surface area contributed by atoms with Crippen LogP contribution in [-0.2, 0) is 4.74 Å². The zero-order valence-electron chi connectivity index (χ0n) is 9.15. The van der Waals surface area contributed by atoms with Gasteiger partial charge >= 0.3 is 0 Å². The van der Waals surface area contributed by atoms with Crippen molar-refractivity contribution in [3.8, 4) is 0 Å². The molecule has 0 saturated carbocycles. The highest BCUT2D eigenvalue weighted by Gasteiger charge is 2.25. The number of ether oxygens (including phenoxy) is 1. The predicted octanol–water partition coefficient (Wildman–Crippen LogP) is 2.20. The third-order valence-corrected chi connectivity index (χ3v) is 3.06. The molecule has 3 nitrogen and oxygen atoms in total. The van der Waals surface area contributed by atoms with E-state index in [1.807, 2.05) is 24.0 Å². The van der Waals surface area contributed by atoms with Crippen LogP contribution in [0.2, 0.25) is 5.02 Å². The normalized spacial score (nSPS) is 20.9. The van der Waals surface area contributed by atoms with Crippen molar-refractivity contribution in [3.05, 3.63) is 34.9 Å². The number of halogens is 1. The van der Waals surface area contributed by atoms with Gasteiger partial charge in [-0.1, -0.05) is 23.7 Å². The highest BCUT2D eigenvalue weighted by atomic mass is 35.5. The Kier molecular flexibility index (Phi) is 3.46. The van der Waals surface area contributed by atoms with Gasteiger partial charge in [-0.2, -0.15) is 0 Å². The van der Waals surface area contributed by atoms with Gasteiger partial charge in [-0.15, -0.1) is 0 Å². The van der Waals surface area contributed by atoms with E-state index in [0.717, 1.165) is 0 Å². The summed E-state index contributed by atoms with van der Waals surface area (Å²) in [7, 11) is 0. The summed E-state index contributed by atoms with van der Waals surface area (Å²) in [5, 5.41) is 0.506. The third-order valence-electron chi connectivity index (χ3n) is 2.73. The summed E-state index contributed by atoms with van der Waals surface area (Å²) in [6.45, 7) is 3.80. The van der Waals surface area contributed by atoms with Crippen molar-refractivity contribution >= 4 is 17.5 Å². The molecule has 4 heteroatoms. The highest BCUT2D eigenvalue weighted by Crippen LogP contribution is 2.19. The molecule has 1 heterocycles. The van der Waals surface area contributed by atoms with Crippen LogP contribution in [0.1, 0.15) is 17.3 Å². The van der Waals surface area contributed by atoms with Crippen molar-refractivity contribution in [2.45, 2.75) is 13.0 Å². The Labute approximate surface area is 100.0 Å².